The monoisotopic (exact) mass is 274 g/mol. The molecule has 1 aromatic rings. The Balaban J connectivity index is 2.99. The quantitative estimate of drug-likeness (QED) is 0.795. The molecule has 1 aromatic heterocycles. The third-order valence-corrected chi connectivity index (χ3v) is 4.32. The van der Waals surface area contributed by atoms with Gasteiger partial charge in [0.2, 0.25) is 0 Å². The van der Waals surface area contributed by atoms with Gasteiger partial charge in [-0.25, -0.2) is 18.1 Å². The van der Waals surface area contributed by atoms with Crippen LogP contribution in [0.3, 0.4) is 0 Å². The molecule has 3 N–H and O–H groups in total. The number of hydrogen-bond acceptors (Lipinski definition) is 4. The van der Waals surface area contributed by atoms with E-state index in [0.717, 1.165) is 0 Å². The van der Waals surface area contributed by atoms with Gasteiger partial charge in [0.15, 0.2) is 5.03 Å². The molecular formula is C11H22N4O2S. The minimum absolute atomic E-state index is 0.0620. The minimum Gasteiger partial charge on any atom is -0.334 e. The van der Waals surface area contributed by atoms with Crippen LogP contribution in [-0.4, -0.2) is 30.1 Å². The van der Waals surface area contributed by atoms with E-state index in [1.807, 2.05) is 6.92 Å². The van der Waals surface area contributed by atoms with Crippen molar-refractivity contribution in [1.82, 2.24) is 14.3 Å². The Morgan fingerprint density at radius 1 is 1.50 bits per heavy atom. The summed E-state index contributed by atoms with van der Waals surface area (Å²) in [7, 11) is -3.59. The average molecular weight is 274 g/mol. The van der Waals surface area contributed by atoms with Crippen LogP contribution in [0.25, 0.3) is 0 Å². The minimum atomic E-state index is -3.59. The maximum atomic E-state index is 12.2. The highest BCUT2D eigenvalue weighted by atomic mass is 32.2. The van der Waals surface area contributed by atoms with Crippen molar-refractivity contribution in [3.63, 3.8) is 0 Å². The number of aryl methyl sites for hydroxylation is 2. The first-order valence-electron chi connectivity index (χ1n) is 5.99. The Bertz CT molecular complexity index is 505. The molecule has 0 spiro atoms. The molecule has 0 saturated carbocycles. The molecule has 0 amide bonds. The molecule has 0 fully saturated rings. The van der Waals surface area contributed by atoms with Gasteiger partial charge >= 0.3 is 0 Å². The molecule has 18 heavy (non-hydrogen) atoms. The molecule has 104 valence electrons. The number of nitrogens with two attached hydrogens (primary N) is 1. The second-order valence-corrected chi connectivity index (χ2v) is 6.57. The van der Waals surface area contributed by atoms with Crippen molar-refractivity contribution < 1.29 is 8.42 Å². The zero-order valence-corrected chi connectivity index (χ0v) is 12.2. The first kappa shape index (κ1) is 15.1. The van der Waals surface area contributed by atoms with Gasteiger partial charge < -0.3 is 10.3 Å². The largest absolute Gasteiger partial charge is 0.334 e. The molecule has 7 heteroatoms. The smallest absolute Gasteiger partial charge is 0.260 e. The van der Waals surface area contributed by atoms with Crippen molar-refractivity contribution in [2.75, 3.05) is 6.54 Å². The number of hydrogen-bond donors (Lipinski definition) is 2. The second kappa shape index (κ2) is 5.38. The van der Waals surface area contributed by atoms with Crippen LogP contribution < -0.4 is 10.5 Å². The highest BCUT2D eigenvalue weighted by Gasteiger charge is 2.27. The summed E-state index contributed by atoms with van der Waals surface area (Å²) >= 11 is 0. The van der Waals surface area contributed by atoms with Crippen LogP contribution in [-0.2, 0) is 16.6 Å². The van der Waals surface area contributed by atoms with Gasteiger partial charge in [0.25, 0.3) is 10.0 Å². The number of rotatable bonds is 6. The summed E-state index contributed by atoms with van der Waals surface area (Å²) in [5.74, 6) is 0.689. The summed E-state index contributed by atoms with van der Waals surface area (Å²) in [6.07, 6.45) is 2.12. The highest BCUT2D eigenvalue weighted by Crippen LogP contribution is 2.15. The Hall–Kier alpha value is -0.920. The van der Waals surface area contributed by atoms with E-state index in [1.165, 1.54) is 0 Å². The van der Waals surface area contributed by atoms with Gasteiger partial charge in [-0.05, 0) is 40.7 Å². The summed E-state index contributed by atoms with van der Waals surface area (Å²) < 4.78 is 28.8. The van der Waals surface area contributed by atoms with Crippen LogP contribution >= 0.6 is 0 Å². The standard InChI is InChI=1S/C11H22N4O2S/c1-5-15-8-10(13-9(15)2)18(16,17)14-11(3,4)6-7-12/h8,14H,5-7,12H2,1-4H3. The van der Waals surface area contributed by atoms with Crippen molar-refractivity contribution in [3.05, 3.63) is 12.0 Å². The summed E-state index contributed by atoms with van der Waals surface area (Å²) in [5, 5.41) is 0.0620. The number of imidazole rings is 1. The lowest BCUT2D eigenvalue weighted by Crippen LogP contribution is -2.44. The Labute approximate surface area is 109 Å². The Kier molecular flexibility index (Phi) is 4.52. The second-order valence-electron chi connectivity index (χ2n) is 4.94. The molecule has 6 nitrogen and oxygen atoms in total. The Morgan fingerprint density at radius 3 is 2.56 bits per heavy atom. The van der Waals surface area contributed by atoms with Gasteiger partial charge in [0.1, 0.15) is 5.82 Å². The molecule has 0 aliphatic heterocycles. The summed E-state index contributed by atoms with van der Waals surface area (Å²) in [4.78, 5) is 4.08. The van der Waals surface area contributed by atoms with Crippen LogP contribution in [0.15, 0.2) is 11.2 Å². The maximum absolute atomic E-state index is 12.2. The van der Waals surface area contributed by atoms with E-state index in [-0.39, 0.29) is 5.03 Å². The SMILES string of the molecule is CCn1cc(S(=O)(=O)NC(C)(C)CCN)nc1C. The summed E-state index contributed by atoms with van der Waals surface area (Å²) in [5.41, 5.74) is 4.90. The van der Waals surface area contributed by atoms with E-state index in [9.17, 15) is 8.42 Å². The topological polar surface area (TPSA) is 90.0 Å². The van der Waals surface area contributed by atoms with Gasteiger partial charge in [-0.1, -0.05) is 0 Å². The highest BCUT2D eigenvalue weighted by molar-refractivity contribution is 7.89. The van der Waals surface area contributed by atoms with Crippen molar-refractivity contribution >= 4 is 10.0 Å². The Morgan fingerprint density at radius 2 is 2.11 bits per heavy atom. The van der Waals surface area contributed by atoms with E-state index >= 15 is 0 Å². The summed E-state index contributed by atoms with van der Waals surface area (Å²) in [6.45, 7) is 8.46. The number of sulfonamides is 1. The van der Waals surface area contributed by atoms with E-state index in [2.05, 4.69) is 9.71 Å². The molecule has 0 aliphatic carbocycles. The van der Waals surface area contributed by atoms with Gasteiger partial charge in [0.05, 0.1) is 0 Å². The summed E-state index contributed by atoms with van der Waals surface area (Å²) in [6, 6.07) is 0. The van der Waals surface area contributed by atoms with Gasteiger partial charge in [-0.3, -0.25) is 0 Å². The number of aromatic nitrogens is 2. The lowest BCUT2D eigenvalue weighted by molar-refractivity contribution is 0.427. The third kappa shape index (κ3) is 3.54. The van der Waals surface area contributed by atoms with Crippen molar-refractivity contribution in [2.45, 2.75) is 51.2 Å². The van der Waals surface area contributed by atoms with Gasteiger partial charge in [-0.2, -0.15) is 0 Å². The van der Waals surface area contributed by atoms with Crippen molar-refractivity contribution in [2.24, 2.45) is 5.73 Å². The van der Waals surface area contributed by atoms with Crippen molar-refractivity contribution in [3.8, 4) is 0 Å². The average Bonchev–Trinajstić information content (AvgIpc) is 2.58. The predicted octanol–water partition coefficient (Wildman–Crippen LogP) is 0.617. The van der Waals surface area contributed by atoms with Gasteiger partial charge in [-0.15, -0.1) is 0 Å². The van der Waals surface area contributed by atoms with Crippen LogP contribution in [0, 0.1) is 6.92 Å². The lowest BCUT2D eigenvalue weighted by atomic mass is 10.0. The number of nitrogens with one attached hydrogen (secondary N) is 1. The normalized spacial score (nSPS) is 12.9. The van der Waals surface area contributed by atoms with Crippen LogP contribution in [0.5, 0.6) is 0 Å². The van der Waals surface area contributed by atoms with Crippen LogP contribution in [0.4, 0.5) is 0 Å². The first-order chi connectivity index (χ1) is 8.22. The zero-order chi connectivity index (χ0) is 14.0. The van der Waals surface area contributed by atoms with Gasteiger partial charge in [0, 0.05) is 18.3 Å². The molecule has 1 heterocycles. The molecule has 1 rings (SSSR count). The fourth-order valence-corrected chi connectivity index (χ4v) is 3.21. The van der Waals surface area contributed by atoms with Crippen LogP contribution in [0.1, 0.15) is 33.0 Å². The third-order valence-electron chi connectivity index (χ3n) is 2.75. The molecule has 0 radical (unpaired) electrons. The molecule has 0 saturated heterocycles. The molecule has 0 aromatic carbocycles. The van der Waals surface area contributed by atoms with E-state index in [0.29, 0.717) is 25.3 Å². The fourth-order valence-electron chi connectivity index (χ4n) is 1.76. The molecule has 0 unspecified atom stereocenters. The number of nitrogens with zero attached hydrogens (tertiary/aromatic N) is 2. The van der Waals surface area contributed by atoms with Crippen LogP contribution in [0.2, 0.25) is 0 Å². The molecule has 0 aliphatic rings. The first-order valence-corrected chi connectivity index (χ1v) is 7.48. The zero-order valence-electron chi connectivity index (χ0n) is 11.4. The van der Waals surface area contributed by atoms with E-state index in [1.54, 1.807) is 31.5 Å². The molecular weight excluding hydrogens is 252 g/mol. The van der Waals surface area contributed by atoms with E-state index in [4.69, 9.17) is 5.73 Å². The lowest BCUT2D eigenvalue weighted by Gasteiger charge is -2.24. The fraction of sp³-hybridized carbons (Fsp3) is 0.727. The van der Waals surface area contributed by atoms with E-state index < -0.39 is 15.6 Å². The predicted molar refractivity (Wildman–Crippen MR) is 70.7 cm³/mol. The molecule has 0 bridgehead atoms. The maximum Gasteiger partial charge on any atom is 0.260 e. The van der Waals surface area contributed by atoms with Crippen molar-refractivity contribution in [1.29, 1.82) is 0 Å². The molecule has 0 atom stereocenters.